The quantitative estimate of drug-likeness (QED) is 0.765. The summed E-state index contributed by atoms with van der Waals surface area (Å²) in [5.41, 5.74) is 1.51. The second-order valence-corrected chi connectivity index (χ2v) is 9.40. The standard InChI is InChI=1S/C23H33NO/c1-15(2)24(4)22(25)14-23(19-8-6-5-7-9-19)20-10-17-11-21(23)13-18(12-20)16(17)3/h5-9,15-18,20-21H,10-14H2,1-4H3. The first-order chi connectivity index (χ1) is 11.9. The SMILES string of the molecule is CC1C2CC3CC1CC(C2)C3(CC(=O)N(C)C(C)C)c1ccccc1. The Kier molecular flexibility index (Phi) is 4.21. The normalized spacial score (nSPS) is 39.0. The predicted octanol–water partition coefficient (Wildman–Crippen LogP) is 4.88. The van der Waals surface area contributed by atoms with E-state index in [9.17, 15) is 4.79 Å². The maximum Gasteiger partial charge on any atom is 0.223 e. The fourth-order valence-corrected chi connectivity index (χ4v) is 6.54. The molecule has 5 rings (SSSR count). The van der Waals surface area contributed by atoms with Crippen LogP contribution in [0.4, 0.5) is 0 Å². The van der Waals surface area contributed by atoms with Crippen LogP contribution in [-0.2, 0) is 10.2 Å². The van der Waals surface area contributed by atoms with Crippen LogP contribution in [0.3, 0.4) is 0 Å². The van der Waals surface area contributed by atoms with E-state index in [0.717, 1.165) is 17.8 Å². The highest BCUT2D eigenvalue weighted by Gasteiger charge is 2.60. The molecule has 0 unspecified atom stereocenters. The molecule has 4 saturated carbocycles. The summed E-state index contributed by atoms with van der Waals surface area (Å²) >= 11 is 0. The van der Waals surface area contributed by atoms with Crippen molar-refractivity contribution in [2.75, 3.05) is 7.05 Å². The van der Waals surface area contributed by atoms with Gasteiger partial charge in [-0.3, -0.25) is 4.79 Å². The summed E-state index contributed by atoms with van der Waals surface area (Å²) in [7, 11) is 1.98. The number of carbonyl (C=O) groups is 1. The van der Waals surface area contributed by atoms with Crippen LogP contribution in [0, 0.1) is 29.6 Å². The third kappa shape index (κ3) is 2.55. The Morgan fingerprint density at radius 2 is 1.60 bits per heavy atom. The van der Waals surface area contributed by atoms with Gasteiger partial charge < -0.3 is 4.90 Å². The fourth-order valence-electron chi connectivity index (χ4n) is 6.54. The van der Waals surface area contributed by atoms with Crippen molar-refractivity contribution in [3.8, 4) is 0 Å². The van der Waals surface area contributed by atoms with Crippen LogP contribution in [0.1, 0.15) is 58.4 Å². The predicted molar refractivity (Wildman–Crippen MR) is 102 cm³/mol. The Hall–Kier alpha value is -1.31. The second kappa shape index (κ2) is 6.14. The first-order valence-corrected chi connectivity index (χ1v) is 10.2. The maximum absolute atomic E-state index is 13.1. The van der Waals surface area contributed by atoms with Gasteiger partial charge in [0.25, 0.3) is 0 Å². The van der Waals surface area contributed by atoms with Gasteiger partial charge in [0.15, 0.2) is 0 Å². The van der Waals surface area contributed by atoms with Gasteiger partial charge in [0.1, 0.15) is 0 Å². The van der Waals surface area contributed by atoms with Gasteiger partial charge in [-0.1, -0.05) is 37.3 Å². The van der Waals surface area contributed by atoms with Crippen LogP contribution >= 0.6 is 0 Å². The zero-order valence-corrected chi connectivity index (χ0v) is 16.2. The number of hydrogen-bond donors (Lipinski definition) is 0. The van der Waals surface area contributed by atoms with Crippen molar-refractivity contribution in [1.29, 1.82) is 0 Å². The highest BCUT2D eigenvalue weighted by Crippen LogP contribution is 2.65. The lowest BCUT2D eigenvalue weighted by atomic mass is 9.41. The van der Waals surface area contributed by atoms with Gasteiger partial charge in [0, 0.05) is 24.9 Å². The van der Waals surface area contributed by atoms with Gasteiger partial charge in [-0.2, -0.15) is 0 Å². The van der Waals surface area contributed by atoms with Crippen molar-refractivity contribution in [3.63, 3.8) is 0 Å². The molecule has 25 heavy (non-hydrogen) atoms. The van der Waals surface area contributed by atoms with Crippen molar-refractivity contribution in [3.05, 3.63) is 35.9 Å². The third-order valence-corrected chi connectivity index (χ3v) is 8.22. The molecule has 4 aliphatic carbocycles. The molecule has 4 aliphatic rings. The molecule has 0 N–H and O–H groups in total. The van der Waals surface area contributed by atoms with E-state index in [-0.39, 0.29) is 11.5 Å². The molecule has 0 spiro atoms. The van der Waals surface area contributed by atoms with Gasteiger partial charge in [-0.25, -0.2) is 0 Å². The zero-order chi connectivity index (χ0) is 17.8. The first-order valence-electron chi connectivity index (χ1n) is 10.2. The van der Waals surface area contributed by atoms with Crippen LogP contribution in [-0.4, -0.2) is 23.9 Å². The van der Waals surface area contributed by atoms with Gasteiger partial charge in [-0.15, -0.1) is 0 Å². The molecule has 0 aromatic heterocycles. The number of nitrogens with zero attached hydrogens (tertiary/aromatic N) is 1. The Bertz CT molecular complexity index is 605. The molecular formula is C23H33NO. The minimum atomic E-state index is 0.0780. The zero-order valence-electron chi connectivity index (χ0n) is 16.2. The van der Waals surface area contributed by atoms with Crippen molar-refractivity contribution >= 4 is 5.91 Å². The molecule has 1 aromatic rings. The smallest absolute Gasteiger partial charge is 0.223 e. The van der Waals surface area contributed by atoms with Crippen molar-refractivity contribution in [2.24, 2.45) is 29.6 Å². The summed E-state index contributed by atoms with van der Waals surface area (Å²) in [5, 5.41) is 0. The molecule has 0 atom stereocenters. The summed E-state index contributed by atoms with van der Waals surface area (Å²) in [6.07, 6.45) is 6.04. The van der Waals surface area contributed by atoms with E-state index in [0.29, 0.717) is 24.2 Å². The van der Waals surface area contributed by atoms with Gasteiger partial charge in [0.2, 0.25) is 5.91 Å². The minimum Gasteiger partial charge on any atom is -0.343 e. The average molecular weight is 340 g/mol. The molecule has 0 saturated heterocycles. The Labute approximate surface area is 153 Å². The largest absolute Gasteiger partial charge is 0.343 e. The highest BCUT2D eigenvalue weighted by molar-refractivity contribution is 5.78. The Morgan fingerprint density at radius 3 is 2.08 bits per heavy atom. The molecule has 0 radical (unpaired) electrons. The summed E-state index contributed by atoms with van der Waals surface area (Å²) in [4.78, 5) is 15.1. The monoisotopic (exact) mass is 339 g/mol. The third-order valence-electron chi connectivity index (χ3n) is 8.22. The first kappa shape index (κ1) is 17.1. The summed E-state index contributed by atoms with van der Waals surface area (Å²) in [6.45, 7) is 6.71. The number of benzene rings is 1. The molecule has 0 aliphatic heterocycles. The van der Waals surface area contributed by atoms with Crippen molar-refractivity contribution in [1.82, 2.24) is 4.90 Å². The summed E-state index contributed by atoms with van der Waals surface area (Å²) < 4.78 is 0. The number of hydrogen-bond acceptors (Lipinski definition) is 1. The average Bonchev–Trinajstić information content (AvgIpc) is 2.59. The van der Waals surface area contributed by atoms with Crippen LogP contribution < -0.4 is 0 Å². The van der Waals surface area contributed by atoms with E-state index in [1.54, 1.807) is 0 Å². The molecule has 0 heterocycles. The lowest BCUT2D eigenvalue weighted by Gasteiger charge is -2.64. The number of amides is 1. The van der Waals surface area contributed by atoms with E-state index in [2.05, 4.69) is 51.1 Å². The molecule has 2 heteroatoms. The Morgan fingerprint density at radius 1 is 1.08 bits per heavy atom. The van der Waals surface area contributed by atoms with Crippen molar-refractivity contribution < 1.29 is 4.79 Å². The van der Waals surface area contributed by atoms with Crippen LogP contribution in [0.2, 0.25) is 0 Å². The molecule has 2 nitrogen and oxygen atoms in total. The van der Waals surface area contributed by atoms with Gasteiger partial charge >= 0.3 is 0 Å². The Balaban J connectivity index is 1.73. The molecular weight excluding hydrogens is 306 g/mol. The second-order valence-electron chi connectivity index (χ2n) is 9.40. The van der Waals surface area contributed by atoms with Gasteiger partial charge in [0.05, 0.1) is 0 Å². The number of rotatable bonds is 4. The minimum absolute atomic E-state index is 0.0780. The lowest BCUT2D eigenvalue weighted by Crippen LogP contribution is -2.59. The van der Waals surface area contributed by atoms with E-state index < -0.39 is 0 Å². The lowest BCUT2D eigenvalue weighted by molar-refractivity contribution is -0.142. The molecule has 1 amide bonds. The van der Waals surface area contributed by atoms with Crippen LogP contribution in [0.25, 0.3) is 0 Å². The molecule has 4 fully saturated rings. The molecule has 136 valence electrons. The van der Waals surface area contributed by atoms with Crippen LogP contribution in [0.5, 0.6) is 0 Å². The molecule has 4 bridgehead atoms. The topological polar surface area (TPSA) is 20.3 Å². The van der Waals surface area contributed by atoms with Crippen LogP contribution in [0.15, 0.2) is 30.3 Å². The van der Waals surface area contributed by atoms with E-state index in [1.165, 1.54) is 31.2 Å². The number of carbonyl (C=O) groups excluding carboxylic acids is 1. The fraction of sp³-hybridized carbons (Fsp3) is 0.696. The summed E-state index contributed by atoms with van der Waals surface area (Å²) in [5.74, 6) is 4.42. The maximum atomic E-state index is 13.1. The van der Waals surface area contributed by atoms with Gasteiger partial charge in [-0.05, 0) is 74.7 Å². The summed E-state index contributed by atoms with van der Waals surface area (Å²) in [6, 6.07) is 11.3. The van der Waals surface area contributed by atoms with E-state index >= 15 is 0 Å². The molecule has 1 aromatic carbocycles. The van der Waals surface area contributed by atoms with E-state index in [1.807, 2.05) is 11.9 Å². The highest BCUT2D eigenvalue weighted by atomic mass is 16.2. The van der Waals surface area contributed by atoms with E-state index in [4.69, 9.17) is 0 Å². The van der Waals surface area contributed by atoms with Crippen molar-refractivity contribution in [2.45, 2.75) is 64.3 Å².